The number of H-pyrrole nitrogens is 1. The van der Waals surface area contributed by atoms with Crippen LogP contribution < -0.4 is 10.1 Å². The van der Waals surface area contributed by atoms with Crippen molar-refractivity contribution in [3.05, 3.63) is 41.6 Å². The minimum absolute atomic E-state index is 0.00529. The molecule has 0 radical (unpaired) electrons. The lowest BCUT2D eigenvalue weighted by atomic mass is 10.3. The van der Waals surface area contributed by atoms with Crippen LogP contribution in [0.5, 0.6) is 5.75 Å². The molecule has 0 bridgehead atoms. The second-order valence-electron chi connectivity index (χ2n) is 5.05. The van der Waals surface area contributed by atoms with Crippen LogP contribution in [0.25, 0.3) is 0 Å². The maximum Gasteiger partial charge on any atom is 0.263 e. The third-order valence-electron chi connectivity index (χ3n) is 3.47. The molecule has 1 aromatic heterocycles. The number of hydrogen-bond acceptors (Lipinski definition) is 4. The SMILES string of the molecule is CC(=O)N1Cc2[nH]nc(NC(=O)COc3ccccc3)c2C1. The van der Waals surface area contributed by atoms with E-state index in [1.165, 1.54) is 6.92 Å². The van der Waals surface area contributed by atoms with Gasteiger partial charge in [0.25, 0.3) is 5.91 Å². The minimum Gasteiger partial charge on any atom is -0.484 e. The highest BCUT2D eigenvalue weighted by Crippen LogP contribution is 2.26. The van der Waals surface area contributed by atoms with Crippen molar-refractivity contribution in [1.29, 1.82) is 0 Å². The Morgan fingerprint density at radius 1 is 1.32 bits per heavy atom. The molecule has 0 saturated carbocycles. The summed E-state index contributed by atoms with van der Waals surface area (Å²) in [7, 11) is 0. The van der Waals surface area contributed by atoms with Gasteiger partial charge in [-0.15, -0.1) is 0 Å². The Morgan fingerprint density at radius 3 is 2.82 bits per heavy atom. The first-order chi connectivity index (χ1) is 10.6. The monoisotopic (exact) mass is 300 g/mol. The van der Waals surface area contributed by atoms with Gasteiger partial charge in [-0.25, -0.2) is 0 Å². The first-order valence-electron chi connectivity index (χ1n) is 6.93. The Balaban J connectivity index is 1.58. The first kappa shape index (κ1) is 14.1. The zero-order valence-electron chi connectivity index (χ0n) is 12.1. The summed E-state index contributed by atoms with van der Waals surface area (Å²) in [6.45, 7) is 2.37. The summed E-state index contributed by atoms with van der Waals surface area (Å²) in [5, 5.41) is 9.63. The molecule has 1 aromatic carbocycles. The van der Waals surface area contributed by atoms with Crippen LogP contribution in [0.2, 0.25) is 0 Å². The third kappa shape index (κ3) is 2.93. The van der Waals surface area contributed by atoms with Crippen molar-refractivity contribution in [3.8, 4) is 5.75 Å². The summed E-state index contributed by atoms with van der Waals surface area (Å²) in [5.41, 5.74) is 1.71. The van der Waals surface area contributed by atoms with Crippen molar-refractivity contribution in [2.24, 2.45) is 0 Å². The molecule has 0 spiro atoms. The second kappa shape index (κ2) is 5.88. The summed E-state index contributed by atoms with van der Waals surface area (Å²) in [6, 6.07) is 9.11. The fourth-order valence-electron chi connectivity index (χ4n) is 2.30. The number of nitrogens with one attached hydrogen (secondary N) is 2. The molecule has 114 valence electrons. The predicted octanol–water partition coefficient (Wildman–Crippen LogP) is 1.29. The molecule has 7 heteroatoms. The highest BCUT2D eigenvalue weighted by atomic mass is 16.5. The van der Waals surface area contributed by atoms with Crippen LogP contribution in [0.1, 0.15) is 18.2 Å². The number of carbonyl (C=O) groups excluding carboxylic acids is 2. The lowest BCUT2D eigenvalue weighted by molar-refractivity contribution is -0.129. The zero-order valence-corrected chi connectivity index (χ0v) is 12.1. The van der Waals surface area contributed by atoms with E-state index < -0.39 is 0 Å². The highest BCUT2D eigenvalue weighted by molar-refractivity contribution is 5.92. The van der Waals surface area contributed by atoms with Gasteiger partial charge in [-0.3, -0.25) is 14.7 Å². The molecule has 0 unspecified atom stereocenters. The van der Waals surface area contributed by atoms with E-state index in [1.807, 2.05) is 18.2 Å². The van der Waals surface area contributed by atoms with Crippen molar-refractivity contribution in [2.75, 3.05) is 11.9 Å². The molecule has 1 aliphatic heterocycles. The van der Waals surface area contributed by atoms with Crippen LogP contribution in [-0.2, 0) is 22.7 Å². The van der Waals surface area contributed by atoms with Gasteiger partial charge in [-0.1, -0.05) is 18.2 Å². The molecular weight excluding hydrogens is 284 g/mol. The van der Waals surface area contributed by atoms with Gasteiger partial charge in [-0.05, 0) is 12.1 Å². The normalized spacial score (nSPS) is 12.9. The fourth-order valence-corrected chi connectivity index (χ4v) is 2.30. The van der Waals surface area contributed by atoms with Crippen LogP contribution in [0.3, 0.4) is 0 Å². The summed E-state index contributed by atoms with van der Waals surface area (Å²) in [6.07, 6.45) is 0. The molecule has 0 fully saturated rings. The Bertz CT molecular complexity index is 696. The van der Waals surface area contributed by atoms with Crippen molar-refractivity contribution in [1.82, 2.24) is 15.1 Å². The molecule has 1 aliphatic rings. The molecule has 2 N–H and O–H groups in total. The zero-order chi connectivity index (χ0) is 15.5. The topological polar surface area (TPSA) is 87.3 Å². The van der Waals surface area contributed by atoms with Gasteiger partial charge in [0.05, 0.1) is 18.8 Å². The predicted molar refractivity (Wildman–Crippen MR) is 79.1 cm³/mol. The largest absolute Gasteiger partial charge is 0.484 e. The Hall–Kier alpha value is -2.83. The Morgan fingerprint density at radius 2 is 2.09 bits per heavy atom. The summed E-state index contributed by atoms with van der Waals surface area (Å²) < 4.78 is 5.38. The highest BCUT2D eigenvalue weighted by Gasteiger charge is 2.27. The number of anilines is 1. The lowest BCUT2D eigenvalue weighted by Gasteiger charge is -2.12. The van der Waals surface area contributed by atoms with Gasteiger partial charge in [0, 0.05) is 12.5 Å². The minimum atomic E-state index is -0.292. The summed E-state index contributed by atoms with van der Waals surface area (Å²) in [4.78, 5) is 25.0. The van der Waals surface area contributed by atoms with E-state index in [4.69, 9.17) is 4.74 Å². The molecule has 2 aromatic rings. The average Bonchev–Trinajstić information content (AvgIpc) is 3.08. The number of carbonyl (C=O) groups is 2. The first-order valence-corrected chi connectivity index (χ1v) is 6.93. The number of nitrogens with zero attached hydrogens (tertiary/aromatic N) is 2. The lowest BCUT2D eigenvalue weighted by Crippen LogP contribution is -2.24. The van der Waals surface area contributed by atoms with Crippen LogP contribution in [0, 0.1) is 0 Å². The molecule has 3 rings (SSSR count). The van der Waals surface area contributed by atoms with E-state index in [1.54, 1.807) is 17.0 Å². The maximum atomic E-state index is 11.9. The maximum absolute atomic E-state index is 11.9. The van der Waals surface area contributed by atoms with E-state index in [9.17, 15) is 9.59 Å². The fraction of sp³-hybridized carbons (Fsp3) is 0.267. The number of ether oxygens (including phenoxy) is 1. The van der Waals surface area contributed by atoms with Crippen molar-refractivity contribution in [3.63, 3.8) is 0 Å². The van der Waals surface area contributed by atoms with Crippen LogP contribution in [-0.4, -0.2) is 33.5 Å². The third-order valence-corrected chi connectivity index (χ3v) is 3.47. The number of fused-ring (bicyclic) bond motifs is 1. The molecule has 2 heterocycles. The van der Waals surface area contributed by atoms with Gasteiger partial charge >= 0.3 is 0 Å². The number of aromatic amines is 1. The van der Waals surface area contributed by atoms with Gasteiger partial charge in [-0.2, -0.15) is 5.10 Å². The van der Waals surface area contributed by atoms with E-state index in [0.717, 1.165) is 11.3 Å². The number of benzene rings is 1. The molecule has 22 heavy (non-hydrogen) atoms. The number of amides is 2. The summed E-state index contributed by atoms with van der Waals surface area (Å²) >= 11 is 0. The van der Waals surface area contributed by atoms with Crippen molar-refractivity contribution < 1.29 is 14.3 Å². The molecule has 7 nitrogen and oxygen atoms in total. The number of hydrogen-bond donors (Lipinski definition) is 2. The molecule has 0 aliphatic carbocycles. The smallest absolute Gasteiger partial charge is 0.263 e. The van der Waals surface area contributed by atoms with Gasteiger partial charge < -0.3 is 15.0 Å². The van der Waals surface area contributed by atoms with E-state index in [-0.39, 0.29) is 18.4 Å². The molecule has 2 amide bonds. The van der Waals surface area contributed by atoms with Crippen molar-refractivity contribution >= 4 is 17.6 Å². The van der Waals surface area contributed by atoms with Gasteiger partial charge in [0.15, 0.2) is 12.4 Å². The molecule has 0 atom stereocenters. The van der Waals surface area contributed by atoms with Crippen molar-refractivity contribution in [2.45, 2.75) is 20.0 Å². The van der Waals surface area contributed by atoms with Gasteiger partial charge in [0.1, 0.15) is 5.75 Å². The average molecular weight is 300 g/mol. The van der Waals surface area contributed by atoms with Crippen LogP contribution in [0.4, 0.5) is 5.82 Å². The quantitative estimate of drug-likeness (QED) is 0.890. The number of rotatable bonds is 4. The number of para-hydroxylation sites is 1. The molecular formula is C15H16N4O3. The molecule has 0 saturated heterocycles. The number of aromatic nitrogens is 2. The van der Waals surface area contributed by atoms with Crippen LogP contribution >= 0.6 is 0 Å². The Kier molecular flexibility index (Phi) is 3.78. The second-order valence-corrected chi connectivity index (χ2v) is 5.05. The Labute approximate surface area is 127 Å². The van der Waals surface area contributed by atoms with Gasteiger partial charge in [0.2, 0.25) is 5.91 Å². The van der Waals surface area contributed by atoms with E-state index >= 15 is 0 Å². The van der Waals surface area contributed by atoms with E-state index in [2.05, 4.69) is 15.5 Å². The standard InChI is InChI=1S/C15H16N4O3/c1-10(20)19-7-12-13(8-19)17-18-15(12)16-14(21)9-22-11-5-3-2-4-6-11/h2-6H,7-9H2,1H3,(H2,16,17,18,21). The van der Waals surface area contributed by atoms with Crippen LogP contribution in [0.15, 0.2) is 30.3 Å². The van der Waals surface area contributed by atoms with E-state index in [0.29, 0.717) is 24.7 Å². The summed E-state index contributed by atoms with van der Waals surface area (Å²) in [5.74, 6) is 0.793.